The highest BCUT2D eigenvalue weighted by Crippen LogP contribution is 2.26. The molecule has 2 aromatic rings. The third-order valence-electron chi connectivity index (χ3n) is 2.93. The maximum atomic E-state index is 6.08. The van der Waals surface area contributed by atoms with E-state index in [1.54, 1.807) is 0 Å². The number of fused-ring (bicyclic) bond motifs is 1. The molecule has 1 atom stereocenters. The number of hydrogen-bond acceptors (Lipinski definition) is 2. The average Bonchev–Trinajstić information content (AvgIpc) is 2.86. The zero-order chi connectivity index (χ0) is 10.3. The molecule has 0 saturated carbocycles. The van der Waals surface area contributed by atoms with Gasteiger partial charge >= 0.3 is 0 Å². The van der Waals surface area contributed by atoms with Gasteiger partial charge in [-0.05, 0) is 25.1 Å². The summed E-state index contributed by atoms with van der Waals surface area (Å²) in [7, 11) is 0. The van der Waals surface area contributed by atoms with Crippen molar-refractivity contribution in [3.63, 3.8) is 0 Å². The van der Waals surface area contributed by atoms with Crippen molar-refractivity contribution in [1.29, 1.82) is 0 Å². The lowest BCUT2D eigenvalue weighted by Gasteiger charge is -2.01. The van der Waals surface area contributed by atoms with E-state index < -0.39 is 0 Å². The Morgan fingerprint density at radius 2 is 2.33 bits per heavy atom. The predicted molar refractivity (Wildman–Crippen MR) is 61.3 cm³/mol. The Morgan fingerprint density at radius 1 is 1.40 bits per heavy atom. The summed E-state index contributed by atoms with van der Waals surface area (Å²) >= 11 is 6.08. The van der Waals surface area contributed by atoms with Crippen LogP contribution in [0.25, 0.3) is 11.0 Å². The monoisotopic (exact) mass is 221 g/mol. The fourth-order valence-electron chi connectivity index (χ4n) is 2.10. The van der Waals surface area contributed by atoms with Gasteiger partial charge in [0.05, 0.1) is 10.5 Å². The molecule has 1 aromatic carbocycles. The van der Waals surface area contributed by atoms with Crippen molar-refractivity contribution in [2.24, 2.45) is 0 Å². The van der Waals surface area contributed by atoms with Crippen LogP contribution in [0, 0.1) is 0 Å². The number of hydrogen-bond donors (Lipinski definition) is 2. The summed E-state index contributed by atoms with van der Waals surface area (Å²) in [5.41, 5.74) is 1.92. The SMILES string of the molecule is Clc1cccc2[nH]c(C3CCNC3)nc12. The number of halogens is 1. The Labute approximate surface area is 92.8 Å². The molecule has 78 valence electrons. The van der Waals surface area contributed by atoms with Gasteiger partial charge in [0.1, 0.15) is 11.3 Å². The van der Waals surface area contributed by atoms with Crippen LogP contribution in [0.15, 0.2) is 18.2 Å². The van der Waals surface area contributed by atoms with E-state index in [9.17, 15) is 0 Å². The van der Waals surface area contributed by atoms with Crippen molar-refractivity contribution in [2.75, 3.05) is 13.1 Å². The topological polar surface area (TPSA) is 40.7 Å². The van der Waals surface area contributed by atoms with E-state index in [-0.39, 0.29) is 0 Å². The maximum absolute atomic E-state index is 6.08. The van der Waals surface area contributed by atoms with Gasteiger partial charge in [0, 0.05) is 12.5 Å². The second-order valence-electron chi connectivity index (χ2n) is 3.95. The van der Waals surface area contributed by atoms with Gasteiger partial charge in [0.2, 0.25) is 0 Å². The van der Waals surface area contributed by atoms with E-state index in [2.05, 4.69) is 15.3 Å². The Bertz CT molecular complexity index is 486. The lowest BCUT2D eigenvalue weighted by Crippen LogP contribution is -2.08. The molecule has 0 radical (unpaired) electrons. The number of para-hydroxylation sites is 1. The first kappa shape index (κ1) is 9.19. The standard InChI is InChI=1S/C11H12ClN3/c12-8-2-1-3-9-10(8)15-11(14-9)7-4-5-13-6-7/h1-3,7,13H,4-6H2,(H,14,15). The molecule has 1 fully saturated rings. The summed E-state index contributed by atoms with van der Waals surface area (Å²) < 4.78 is 0. The lowest BCUT2D eigenvalue weighted by molar-refractivity contribution is 0.717. The third kappa shape index (κ3) is 1.52. The van der Waals surface area contributed by atoms with E-state index in [1.165, 1.54) is 0 Å². The molecule has 3 rings (SSSR count). The first-order valence-corrected chi connectivity index (χ1v) is 5.57. The molecule has 1 saturated heterocycles. The van der Waals surface area contributed by atoms with Crippen molar-refractivity contribution < 1.29 is 0 Å². The number of H-pyrrole nitrogens is 1. The molecule has 0 spiro atoms. The molecule has 15 heavy (non-hydrogen) atoms. The zero-order valence-corrected chi connectivity index (χ0v) is 9.01. The highest BCUT2D eigenvalue weighted by Gasteiger charge is 2.20. The third-order valence-corrected chi connectivity index (χ3v) is 3.23. The molecule has 0 bridgehead atoms. The highest BCUT2D eigenvalue weighted by molar-refractivity contribution is 6.34. The molecular weight excluding hydrogens is 210 g/mol. The summed E-state index contributed by atoms with van der Waals surface area (Å²) in [6, 6.07) is 5.83. The van der Waals surface area contributed by atoms with Gasteiger partial charge in [0.25, 0.3) is 0 Å². The highest BCUT2D eigenvalue weighted by atomic mass is 35.5. The summed E-state index contributed by atoms with van der Waals surface area (Å²) in [6.07, 6.45) is 1.15. The van der Waals surface area contributed by atoms with Crippen LogP contribution in [-0.2, 0) is 0 Å². The molecular formula is C11H12ClN3. The number of benzene rings is 1. The van der Waals surface area contributed by atoms with E-state index in [4.69, 9.17) is 11.6 Å². The van der Waals surface area contributed by atoms with Crippen LogP contribution < -0.4 is 5.32 Å². The average molecular weight is 222 g/mol. The summed E-state index contributed by atoms with van der Waals surface area (Å²) in [5.74, 6) is 1.57. The normalized spacial score (nSPS) is 21.3. The van der Waals surface area contributed by atoms with Crippen LogP contribution in [0.3, 0.4) is 0 Å². The minimum Gasteiger partial charge on any atom is -0.342 e. The van der Waals surface area contributed by atoms with Gasteiger partial charge in [0.15, 0.2) is 0 Å². The smallest absolute Gasteiger partial charge is 0.111 e. The first-order chi connectivity index (χ1) is 7.34. The van der Waals surface area contributed by atoms with Gasteiger partial charge < -0.3 is 10.3 Å². The minimum atomic E-state index is 0.508. The quantitative estimate of drug-likeness (QED) is 0.776. The van der Waals surface area contributed by atoms with E-state index in [0.717, 1.165) is 41.4 Å². The van der Waals surface area contributed by atoms with Crippen molar-refractivity contribution in [3.05, 3.63) is 29.0 Å². The molecule has 0 amide bonds. The lowest BCUT2D eigenvalue weighted by atomic mass is 10.1. The van der Waals surface area contributed by atoms with Crippen LogP contribution in [-0.4, -0.2) is 23.1 Å². The van der Waals surface area contributed by atoms with Crippen LogP contribution in [0.4, 0.5) is 0 Å². The fraction of sp³-hybridized carbons (Fsp3) is 0.364. The van der Waals surface area contributed by atoms with Crippen molar-refractivity contribution in [3.8, 4) is 0 Å². The Morgan fingerprint density at radius 3 is 3.07 bits per heavy atom. The van der Waals surface area contributed by atoms with Gasteiger partial charge in [-0.3, -0.25) is 0 Å². The number of nitrogens with one attached hydrogen (secondary N) is 2. The Hall–Kier alpha value is -1.06. The van der Waals surface area contributed by atoms with Gasteiger partial charge in [-0.1, -0.05) is 17.7 Å². The van der Waals surface area contributed by atoms with E-state index >= 15 is 0 Å². The van der Waals surface area contributed by atoms with Crippen molar-refractivity contribution in [1.82, 2.24) is 15.3 Å². The second kappa shape index (κ2) is 3.51. The molecule has 1 aromatic heterocycles. The molecule has 3 nitrogen and oxygen atoms in total. The number of nitrogens with zero attached hydrogens (tertiary/aromatic N) is 1. The fourth-order valence-corrected chi connectivity index (χ4v) is 2.31. The maximum Gasteiger partial charge on any atom is 0.111 e. The molecule has 1 unspecified atom stereocenters. The number of aromatic amines is 1. The number of imidazole rings is 1. The van der Waals surface area contributed by atoms with E-state index in [0.29, 0.717) is 5.92 Å². The number of rotatable bonds is 1. The summed E-state index contributed by atoms with van der Waals surface area (Å²) in [6.45, 7) is 2.09. The van der Waals surface area contributed by atoms with Crippen molar-refractivity contribution in [2.45, 2.75) is 12.3 Å². The largest absolute Gasteiger partial charge is 0.342 e. The molecule has 2 N–H and O–H groups in total. The Kier molecular flexibility index (Phi) is 2.15. The molecule has 1 aliphatic heterocycles. The number of aromatic nitrogens is 2. The molecule has 2 heterocycles. The second-order valence-corrected chi connectivity index (χ2v) is 4.35. The van der Waals surface area contributed by atoms with Gasteiger partial charge in [-0.2, -0.15) is 0 Å². The molecule has 1 aliphatic rings. The van der Waals surface area contributed by atoms with Crippen LogP contribution in [0.2, 0.25) is 5.02 Å². The van der Waals surface area contributed by atoms with Crippen molar-refractivity contribution >= 4 is 22.6 Å². The molecule has 0 aliphatic carbocycles. The zero-order valence-electron chi connectivity index (χ0n) is 8.26. The first-order valence-electron chi connectivity index (χ1n) is 5.19. The predicted octanol–water partition coefficient (Wildman–Crippen LogP) is 2.29. The Balaban J connectivity index is 2.09. The van der Waals surface area contributed by atoms with Crippen LogP contribution in [0.5, 0.6) is 0 Å². The minimum absolute atomic E-state index is 0.508. The summed E-state index contributed by atoms with van der Waals surface area (Å²) in [4.78, 5) is 7.91. The van der Waals surface area contributed by atoms with Crippen LogP contribution in [0.1, 0.15) is 18.2 Å². The van der Waals surface area contributed by atoms with E-state index in [1.807, 2.05) is 18.2 Å². The summed E-state index contributed by atoms with van der Waals surface area (Å²) in [5, 5.41) is 4.06. The van der Waals surface area contributed by atoms with Gasteiger partial charge in [-0.25, -0.2) is 4.98 Å². The molecule has 4 heteroatoms. The van der Waals surface area contributed by atoms with Crippen LogP contribution >= 0.6 is 11.6 Å². The van der Waals surface area contributed by atoms with Gasteiger partial charge in [-0.15, -0.1) is 0 Å².